The van der Waals surface area contributed by atoms with Crippen LogP contribution in [0.5, 0.6) is 5.88 Å². The summed E-state index contributed by atoms with van der Waals surface area (Å²) in [6, 6.07) is 1.90. The molecule has 0 aromatic carbocycles. The summed E-state index contributed by atoms with van der Waals surface area (Å²) in [5, 5.41) is 6.72. The molecule has 3 aromatic rings. The predicted octanol–water partition coefficient (Wildman–Crippen LogP) is 3.06. The molecule has 2 fully saturated rings. The molecule has 18 heteroatoms. The molecule has 5 rings (SSSR count). The van der Waals surface area contributed by atoms with Crippen LogP contribution in [0.1, 0.15) is 28.8 Å². The highest BCUT2D eigenvalue weighted by Crippen LogP contribution is 2.33. The minimum Gasteiger partial charge on any atom is -0.480 e. The van der Waals surface area contributed by atoms with Crippen molar-refractivity contribution in [2.75, 3.05) is 45.6 Å². The summed E-state index contributed by atoms with van der Waals surface area (Å²) in [5.74, 6) is -3.49. The summed E-state index contributed by atoms with van der Waals surface area (Å²) < 4.78 is 90.2. The van der Waals surface area contributed by atoms with Crippen molar-refractivity contribution in [2.24, 2.45) is 0 Å². The maximum Gasteiger partial charge on any atom is 0.422 e. The van der Waals surface area contributed by atoms with Gasteiger partial charge in [0.25, 0.3) is 11.8 Å². The molecule has 2 saturated heterocycles. The Bertz CT molecular complexity index is 1540. The first-order valence-electron chi connectivity index (χ1n) is 13.4. The lowest BCUT2D eigenvalue weighted by atomic mass is 10.1. The zero-order valence-corrected chi connectivity index (χ0v) is 23.3. The number of rotatable bonds is 7. The fourth-order valence-electron chi connectivity index (χ4n) is 5.20. The molecule has 44 heavy (non-hydrogen) atoms. The molecule has 12 nitrogen and oxygen atoms in total. The molecule has 2 aliphatic heterocycles. The van der Waals surface area contributed by atoms with Gasteiger partial charge in [-0.05, 0) is 17.7 Å². The standard InChI is InChI=1S/C26H28F6N8O4/c1-43-23-16(22(41)37-18-11-39(10-17(18)27)24(42)44-12-26(30,31)32)6-14(8-34-23)19-7-15(20-21(33)35-13-36-40(19)20)9-38-4-2-25(28,29)3-5-38/h6-8,13,17-18H,2-5,9-12H2,1H3,(H,37,41)(H2,33,35,36)/t17-,18+/m0/s1. The van der Waals surface area contributed by atoms with Gasteiger partial charge in [0.2, 0.25) is 5.88 Å². The number of amides is 2. The second-order valence-electron chi connectivity index (χ2n) is 10.5. The number of aromatic nitrogens is 4. The largest absolute Gasteiger partial charge is 0.480 e. The maximum absolute atomic E-state index is 14.7. The van der Waals surface area contributed by atoms with E-state index in [1.54, 1.807) is 6.07 Å². The molecule has 2 amide bonds. The summed E-state index contributed by atoms with van der Waals surface area (Å²) in [4.78, 5) is 36.1. The normalized spacial score (nSPS) is 20.6. The van der Waals surface area contributed by atoms with Crippen LogP contribution in [-0.2, 0) is 11.3 Å². The van der Waals surface area contributed by atoms with Crippen molar-refractivity contribution in [3.05, 3.63) is 35.8 Å². The van der Waals surface area contributed by atoms with Crippen LogP contribution in [0.4, 0.5) is 37.0 Å². The Morgan fingerprint density at radius 2 is 1.89 bits per heavy atom. The number of pyridine rings is 1. The lowest BCUT2D eigenvalue weighted by Gasteiger charge is -2.31. The van der Waals surface area contributed by atoms with Crippen LogP contribution in [0.15, 0.2) is 24.7 Å². The number of carbonyl (C=O) groups is 2. The molecule has 3 aromatic heterocycles. The number of halogens is 6. The number of fused-ring (bicyclic) bond motifs is 1. The van der Waals surface area contributed by atoms with E-state index in [2.05, 4.69) is 25.1 Å². The van der Waals surface area contributed by atoms with E-state index in [9.17, 15) is 35.9 Å². The molecular formula is C26H28F6N8O4. The number of nitrogens with two attached hydrogens (primary N) is 1. The molecule has 0 bridgehead atoms. The second kappa shape index (κ2) is 12.0. The van der Waals surface area contributed by atoms with Gasteiger partial charge in [-0.3, -0.25) is 9.69 Å². The monoisotopic (exact) mass is 630 g/mol. The van der Waals surface area contributed by atoms with Crippen molar-refractivity contribution in [1.82, 2.24) is 34.7 Å². The van der Waals surface area contributed by atoms with Crippen LogP contribution < -0.4 is 15.8 Å². The van der Waals surface area contributed by atoms with Gasteiger partial charge in [0, 0.05) is 50.8 Å². The van der Waals surface area contributed by atoms with E-state index in [1.165, 1.54) is 30.2 Å². The lowest BCUT2D eigenvalue weighted by molar-refractivity contribution is -0.162. The van der Waals surface area contributed by atoms with Crippen LogP contribution in [0.3, 0.4) is 0 Å². The number of ether oxygens (including phenoxy) is 2. The average Bonchev–Trinajstić information content (AvgIpc) is 3.53. The molecule has 2 aliphatic rings. The molecule has 0 saturated carbocycles. The van der Waals surface area contributed by atoms with E-state index in [4.69, 9.17) is 10.5 Å². The van der Waals surface area contributed by atoms with Crippen molar-refractivity contribution < 1.29 is 45.4 Å². The second-order valence-corrected chi connectivity index (χ2v) is 10.5. The maximum atomic E-state index is 14.7. The Morgan fingerprint density at radius 1 is 1.16 bits per heavy atom. The third-order valence-electron chi connectivity index (χ3n) is 7.41. The van der Waals surface area contributed by atoms with Crippen LogP contribution in [0.2, 0.25) is 0 Å². The van der Waals surface area contributed by atoms with Gasteiger partial charge in [0.15, 0.2) is 12.4 Å². The Hall–Kier alpha value is -4.35. The van der Waals surface area contributed by atoms with Gasteiger partial charge in [-0.15, -0.1) is 0 Å². The van der Waals surface area contributed by atoms with Crippen LogP contribution in [-0.4, -0.2) is 106 Å². The average molecular weight is 631 g/mol. The van der Waals surface area contributed by atoms with Gasteiger partial charge in [0.05, 0.1) is 25.4 Å². The number of anilines is 1. The predicted molar refractivity (Wildman–Crippen MR) is 142 cm³/mol. The Kier molecular flexibility index (Phi) is 8.46. The number of nitrogens with one attached hydrogen (secondary N) is 1. The highest BCUT2D eigenvalue weighted by molar-refractivity contribution is 5.98. The number of hydrogen-bond donors (Lipinski definition) is 2. The lowest BCUT2D eigenvalue weighted by Crippen LogP contribution is -2.42. The molecule has 0 spiro atoms. The van der Waals surface area contributed by atoms with E-state index in [1.807, 2.05) is 4.90 Å². The summed E-state index contributed by atoms with van der Waals surface area (Å²) in [6.07, 6.45) is -5.80. The molecule has 2 atom stereocenters. The summed E-state index contributed by atoms with van der Waals surface area (Å²) in [5.41, 5.74) is 7.98. The first-order chi connectivity index (χ1) is 20.7. The Balaban J connectivity index is 1.38. The van der Waals surface area contributed by atoms with Gasteiger partial charge in [-0.1, -0.05) is 0 Å². The Morgan fingerprint density at radius 3 is 2.57 bits per heavy atom. The van der Waals surface area contributed by atoms with E-state index in [-0.39, 0.29) is 49.7 Å². The highest BCUT2D eigenvalue weighted by atomic mass is 19.4. The third-order valence-corrected chi connectivity index (χ3v) is 7.41. The van der Waals surface area contributed by atoms with Crippen molar-refractivity contribution in [2.45, 2.75) is 43.7 Å². The highest BCUT2D eigenvalue weighted by Gasteiger charge is 2.39. The van der Waals surface area contributed by atoms with Crippen molar-refractivity contribution >= 4 is 23.3 Å². The van der Waals surface area contributed by atoms with Crippen molar-refractivity contribution in [3.63, 3.8) is 0 Å². The van der Waals surface area contributed by atoms with Crippen LogP contribution in [0.25, 0.3) is 16.8 Å². The van der Waals surface area contributed by atoms with Crippen LogP contribution in [0, 0.1) is 0 Å². The fourth-order valence-corrected chi connectivity index (χ4v) is 5.20. The number of methoxy groups -OCH3 is 1. The summed E-state index contributed by atoms with van der Waals surface area (Å²) in [7, 11) is 1.27. The summed E-state index contributed by atoms with van der Waals surface area (Å²) in [6.45, 7) is -2.19. The number of alkyl halides is 6. The molecule has 238 valence electrons. The smallest absolute Gasteiger partial charge is 0.422 e. The van der Waals surface area contributed by atoms with E-state index >= 15 is 0 Å². The number of hydrogen-bond acceptors (Lipinski definition) is 9. The molecule has 0 unspecified atom stereocenters. The quantitative estimate of drug-likeness (QED) is 0.377. The van der Waals surface area contributed by atoms with E-state index in [0.29, 0.717) is 22.3 Å². The Labute approximate surface area is 246 Å². The SMILES string of the molecule is COc1ncc(-c2cc(CN3CCC(F)(F)CC3)c3c(N)ncnn23)cc1C(=O)N[C@@H]1CN(C(=O)OCC(F)(F)F)C[C@@H]1F. The molecule has 0 radical (unpaired) electrons. The summed E-state index contributed by atoms with van der Waals surface area (Å²) >= 11 is 0. The van der Waals surface area contributed by atoms with Gasteiger partial charge in [-0.25, -0.2) is 32.4 Å². The number of likely N-dealkylation sites (tertiary alicyclic amines) is 2. The molecule has 3 N–H and O–H groups in total. The van der Waals surface area contributed by atoms with Crippen molar-refractivity contribution in [3.8, 4) is 17.1 Å². The minimum atomic E-state index is -4.75. The van der Waals surface area contributed by atoms with E-state index in [0.717, 1.165) is 4.90 Å². The number of piperidine rings is 1. The van der Waals surface area contributed by atoms with Gasteiger partial charge >= 0.3 is 12.3 Å². The third kappa shape index (κ3) is 6.74. The van der Waals surface area contributed by atoms with E-state index < -0.39 is 56.0 Å². The molecule has 5 heterocycles. The first-order valence-corrected chi connectivity index (χ1v) is 13.4. The first kappa shape index (κ1) is 31.1. The fraction of sp³-hybridized carbons (Fsp3) is 0.500. The van der Waals surface area contributed by atoms with Gasteiger partial charge in [-0.2, -0.15) is 18.3 Å². The molecular weight excluding hydrogens is 602 g/mol. The number of carbonyl (C=O) groups excluding carboxylic acids is 2. The van der Waals surface area contributed by atoms with Gasteiger partial charge in [0.1, 0.15) is 23.6 Å². The minimum absolute atomic E-state index is 0.105. The zero-order valence-electron chi connectivity index (χ0n) is 23.3. The number of nitrogens with zero attached hydrogens (tertiary/aromatic N) is 6. The number of nitrogen functional groups attached to an aromatic ring is 1. The van der Waals surface area contributed by atoms with Gasteiger partial charge < -0.3 is 25.4 Å². The molecule has 0 aliphatic carbocycles. The zero-order chi connectivity index (χ0) is 31.8. The van der Waals surface area contributed by atoms with Crippen molar-refractivity contribution in [1.29, 1.82) is 0 Å². The topological polar surface area (TPSA) is 140 Å². The van der Waals surface area contributed by atoms with Crippen LogP contribution >= 0.6 is 0 Å².